The van der Waals surface area contributed by atoms with E-state index in [-0.39, 0.29) is 18.1 Å². The SMILES string of the molecule is CC[C@H](C)N1C(=O)c2ccccc2N[C@H]1c1ccc(C)s1. The molecule has 0 bridgehead atoms. The Labute approximate surface area is 129 Å². The van der Waals surface area contributed by atoms with Gasteiger partial charge in [0.25, 0.3) is 5.91 Å². The zero-order valence-corrected chi connectivity index (χ0v) is 13.4. The minimum atomic E-state index is -0.0685. The quantitative estimate of drug-likeness (QED) is 0.910. The van der Waals surface area contributed by atoms with E-state index in [1.807, 2.05) is 29.2 Å². The number of fused-ring (bicyclic) bond motifs is 1. The Balaban J connectivity index is 2.07. The summed E-state index contributed by atoms with van der Waals surface area (Å²) in [6.07, 6.45) is 0.872. The lowest BCUT2D eigenvalue weighted by atomic mass is 10.0. The third kappa shape index (κ3) is 2.44. The first kappa shape index (κ1) is 14.1. The van der Waals surface area contributed by atoms with Gasteiger partial charge in [0.05, 0.1) is 5.56 Å². The Morgan fingerprint density at radius 1 is 1.29 bits per heavy atom. The summed E-state index contributed by atoms with van der Waals surface area (Å²) >= 11 is 1.75. The number of anilines is 1. The molecule has 0 spiro atoms. The molecule has 0 saturated carbocycles. The highest BCUT2D eigenvalue weighted by Crippen LogP contribution is 2.37. The van der Waals surface area contributed by atoms with Crippen molar-refractivity contribution in [3.05, 3.63) is 51.7 Å². The first-order chi connectivity index (χ1) is 10.1. The second-order valence-electron chi connectivity index (χ2n) is 5.51. The van der Waals surface area contributed by atoms with Crippen LogP contribution in [0.25, 0.3) is 0 Å². The Kier molecular flexibility index (Phi) is 3.72. The van der Waals surface area contributed by atoms with Crippen LogP contribution in [-0.4, -0.2) is 16.8 Å². The maximum Gasteiger partial charge on any atom is 0.258 e. The monoisotopic (exact) mass is 300 g/mol. The maximum absolute atomic E-state index is 12.9. The molecular weight excluding hydrogens is 280 g/mol. The van der Waals surface area contributed by atoms with Crippen molar-refractivity contribution in [1.29, 1.82) is 0 Å². The van der Waals surface area contributed by atoms with Gasteiger partial charge >= 0.3 is 0 Å². The molecular formula is C17H20N2OS. The van der Waals surface area contributed by atoms with Crippen LogP contribution in [0.15, 0.2) is 36.4 Å². The summed E-state index contributed by atoms with van der Waals surface area (Å²) in [6.45, 7) is 6.33. The van der Waals surface area contributed by atoms with Crippen molar-refractivity contribution in [1.82, 2.24) is 4.90 Å². The Morgan fingerprint density at radius 3 is 2.71 bits per heavy atom. The number of nitrogens with zero attached hydrogens (tertiary/aromatic N) is 1. The van der Waals surface area contributed by atoms with E-state index in [2.05, 4.69) is 38.2 Å². The van der Waals surface area contributed by atoms with E-state index >= 15 is 0 Å². The summed E-state index contributed by atoms with van der Waals surface area (Å²) in [5.74, 6) is 0.120. The number of aryl methyl sites for hydroxylation is 1. The molecule has 1 N–H and O–H groups in total. The number of nitrogens with one attached hydrogen (secondary N) is 1. The molecule has 3 nitrogen and oxygen atoms in total. The number of benzene rings is 1. The highest BCUT2D eigenvalue weighted by molar-refractivity contribution is 7.12. The van der Waals surface area contributed by atoms with Crippen LogP contribution in [0.3, 0.4) is 0 Å². The van der Waals surface area contributed by atoms with E-state index in [1.165, 1.54) is 9.75 Å². The first-order valence-corrected chi connectivity index (χ1v) is 8.18. The summed E-state index contributed by atoms with van der Waals surface area (Å²) in [6, 6.07) is 12.2. The van der Waals surface area contributed by atoms with Crippen LogP contribution in [0.4, 0.5) is 5.69 Å². The third-order valence-electron chi connectivity index (χ3n) is 4.06. The largest absolute Gasteiger partial charge is 0.360 e. The van der Waals surface area contributed by atoms with Gasteiger partial charge in [-0.05, 0) is 44.5 Å². The Morgan fingerprint density at radius 2 is 2.05 bits per heavy atom. The van der Waals surface area contributed by atoms with E-state index in [1.54, 1.807) is 11.3 Å². The summed E-state index contributed by atoms with van der Waals surface area (Å²) in [4.78, 5) is 17.3. The van der Waals surface area contributed by atoms with E-state index in [0.717, 1.165) is 17.7 Å². The van der Waals surface area contributed by atoms with Gasteiger partial charge in [-0.1, -0.05) is 19.1 Å². The molecule has 0 fully saturated rings. The lowest BCUT2D eigenvalue weighted by Crippen LogP contribution is -2.47. The van der Waals surface area contributed by atoms with Gasteiger partial charge in [-0.2, -0.15) is 0 Å². The Bertz CT molecular complexity index is 664. The van der Waals surface area contributed by atoms with Crippen LogP contribution in [0, 0.1) is 6.92 Å². The van der Waals surface area contributed by atoms with E-state index in [4.69, 9.17) is 0 Å². The van der Waals surface area contributed by atoms with Crippen molar-refractivity contribution in [3.63, 3.8) is 0 Å². The van der Waals surface area contributed by atoms with Crippen LogP contribution in [0.1, 0.15) is 46.5 Å². The third-order valence-corrected chi connectivity index (χ3v) is 5.11. The summed E-state index contributed by atoms with van der Waals surface area (Å²) in [5, 5.41) is 3.54. The molecule has 1 aliphatic rings. The highest BCUT2D eigenvalue weighted by Gasteiger charge is 2.35. The number of para-hydroxylation sites is 1. The predicted molar refractivity (Wildman–Crippen MR) is 87.8 cm³/mol. The maximum atomic E-state index is 12.9. The average molecular weight is 300 g/mol. The normalized spacial score (nSPS) is 19.1. The Hall–Kier alpha value is -1.81. The fourth-order valence-electron chi connectivity index (χ4n) is 2.73. The molecule has 1 amide bonds. The summed E-state index contributed by atoms with van der Waals surface area (Å²) < 4.78 is 0. The minimum absolute atomic E-state index is 0.0685. The molecule has 21 heavy (non-hydrogen) atoms. The molecule has 2 atom stereocenters. The van der Waals surface area contributed by atoms with Gasteiger partial charge in [-0.3, -0.25) is 4.79 Å². The van der Waals surface area contributed by atoms with Gasteiger partial charge in [-0.25, -0.2) is 0 Å². The lowest BCUT2D eigenvalue weighted by molar-refractivity contribution is 0.0597. The lowest BCUT2D eigenvalue weighted by Gasteiger charge is -2.40. The van der Waals surface area contributed by atoms with Gasteiger partial charge in [0.2, 0.25) is 0 Å². The standard InChI is InChI=1S/C17H20N2OS/c1-4-11(2)19-16(15-10-9-12(3)21-15)18-14-8-6-5-7-13(14)17(19)20/h5-11,16,18H,4H2,1-3H3/t11-,16+/m0/s1. The second-order valence-corrected chi connectivity index (χ2v) is 6.83. The number of hydrogen-bond acceptors (Lipinski definition) is 3. The molecule has 0 aliphatic carbocycles. The number of carbonyl (C=O) groups excluding carboxylic acids is 1. The molecule has 0 unspecified atom stereocenters. The number of thiophene rings is 1. The van der Waals surface area contributed by atoms with Gasteiger partial charge in [0.15, 0.2) is 0 Å². The first-order valence-electron chi connectivity index (χ1n) is 7.36. The molecule has 1 aromatic heterocycles. The number of hydrogen-bond donors (Lipinski definition) is 1. The molecule has 2 heterocycles. The molecule has 2 aromatic rings. The fourth-order valence-corrected chi connectivity index (χ4v) is 3.66. The van der Waals surface area contributed by atoms with Gasteiger partial charge in [0, 0.05) is 21.5 Å². The minimum Gasteiger partial charge on any atom is -0.360 e. The van der Waals surface area contributed by atoms with Crippen LogP contribution >= 0.6 is 11.3 Å². The molecule has 1 aromatic carbocycles. The van der Waals surface area contributed by atoms with E-state index in [9.17, 15) is 4.79 Å². The van der Waals surface area contributed by atoms with Crippen LogP contribution in [-0.2, 0) is 0 Å². The molecule has 1 aliphatic heterocycles. The van der Waals surface area contributed by atoms with Crippen molar-refractivity contribution in [3.8, 4) is 0 Å². The summed E-state index contributed by atoms with van der Waals surface area (Å²) in [5.41, 5.74) is 1.69. The summed E-state index contributed by atoms with van der Waals surface area (Å²) in [7, 11) is 0. The molecule has 3 rings (SSSR count). The van der Waals surface area contributed by atoms with Crippen LogP contribution in [0.5, 0.6) is 0 Å². The topological polar surface area (TPSA) is 32.3 Å². The van der Waals surface area contributed by atoms with Crippen molar-refractivity contribution >= 4 is 22.9 Å². The second kappa shape index (κ2) is 5.53. The van der Waals surface area contributed by atoms with E-state index in [0.29, 0.717) is 0 Å². The molecule has 110 valence electrons. The average Bonchev–Trinajstić information content (AvgIpc) is 2.93. The van der Waals surface area contributed by atoms with Crippen molar-refractivity contribution < 1.29 is 4.79 Å². The van der Waals surface area contributed by atoms with Crippen molar-refractivity contribution in [2.45, 2.75) is 39.4 Å². The van der Waals surface area contributed by atoms with Gasteiger partial charge < -0.3 is 10.2 Å². The number of carbonyl (C=O) groups is 1. The smallest absolute Gasteiger partial charge is 0.258 e. The number of amides is 1. The van der Waals surface area contributed by atoms with Crippen molar-refractivity contribution in [2.24, 2.45) is 0 Å². The zero-order valence-electron chi connectivity index (χ0n) is 12.6. The number of rotatable bonds is 3. The molecule has 4 heteroatoms. The van der Waals surface area contributed by atoms with Crippen LogP contribution < -0.4 is 5.32 Å². The van der Waals surface area contributed by atoms with Gasteiger partial charge in [0.1, 0.15) is 6.17 Å². The molecule has 0 radical (unpaired) electrons. The van der Waals surface area contributed by atoms with Crippen LogP contribution in [0.2, 0.25) is 0 Å². The zero-order chi connectivity index (χ0) is 15.0. The highest BCUT2D eigenvalue weighted by atomic mass is 32.1. The predicted octanol–water partition coefficient (Wildman–Crippen LogP) is 4.42. The van der Waals surface area contributed by atoms with Crippen molar-refractivity contribution in [2.75, 3.05) is 5.32 Å². The van der Waals surface area contributed by atoms with E-state index < -0.39 is 0 Å². The molecule has 0 saturated heterocycles. The fraction of sp³-hybridized carbons (Fsp3) is 0.353. The van der Waals surface area contributed by atoms with Gasteiger partial charge in [-0.15, -0.1) is 11.3 Å².